The van der Waals surface area contributed by atoms with Gasteiger partial charge in [-0.15, -0.1) is 0 Å². The highest BCUT2D eigenvalue weighted by Gasteiger charge is 2.30. The minimum Gasteiger partial charge on any atom is -0.469 e. The minimum atomic E-state index is -4.36. The monoisotopic (exact) mass is 368 g/mol. The van der Waals surface area contributed by atoms with Gasteiger partial charge >= 0.3 is 12.1 Å². The number of oxazole rings is 1. The van der Waals surface area contributed by atoms with E-state index in [0.29, 0.717) is 17.8 Å². The number of halogens is 3. The highest BCUT2D eigenvalue weighted by atomic mass is 19.4. The Kier molecular flexibility index (Phi) is 5.31. The van der Waals surface area contributed by atoms with Crippen molar-refractivity contribution in [3.05, 3.63) is 41.8 Å². The van der Waals surface area contributed by atoms with Gasteiger partial charge in [-0.05, 0) is 50.2 Å². The molecule has 0 spiro atoms. The molecule has 0 unspecified atom stereocenters. The maximum Gasteiger partial charge on any atom is 0.416 e. The number of likely N-dealkylation sites (tertiary alicyclic amines) is 1. The van der Waals surface area contributed by atoms with E-state index in [1.54, 1.807) is 0 Å². The van der Waals surface area contributed by atoms with Crippen LogP contribution in [0.15, 0.2) is 34.9 Å². The van der Waals surface area contributed by atoms with Crippen molar-refractivity contribution in [1.82, 2.24) is 9.88 Å². The summed E-state index contributed by atoms with van der Waals surface area (Å²) in [7, 11) is 1.40. The van der Waals surface area contributed by atoms with Crippen molar-refractivity contribution in [1.29, 1.82) is 0 Å². The lowest BCUT2D eigenvalue weighted by atomic mass is 9.97. The molecule has 26 heavy (non-hydrogen) atoms. The fraction of sp³-hybridized carbons (Fsp3) is 0.444. The average molecular weight is 368 g/mol. The van der Waals surface area contributed by atoms with Crippen LogP contribution >= 0.6 is 0 Å². The third kappa shape index (κ3) is 4.24. The van der Waals surface area contributed by atoms with E-state index in [0.717, 1.165) is 38.1 Å². The first-order valence-electron chi connectivity index (χ1n) is 8.29. The third-order valence-electron chi connectivity index (χ3n) is 4.52. The Labute approximate surface area is 148 Å². The van der Waals surface area contributed by atoms with Crippen LogP contribution in [-0.2, 0) is 22.3 Å². The fourth-order valence-corrected chi connectivity index (χ4v) is 3.04. The number of piperidine rings is 1. The summed E-state index contributed by atoms with van der Waals surface area (Å²) in [4.78, 5) is 18.1. The van der Waals surface area contributed by atoms with Crippen LogP contribution in [0.25, 0.3) is 11.5 Å². The number of carbonyl (C=O) groups is 1. The zero-order chi connectivity index (χ0) is 18.7. The fourth-order valence-electron chi connectivity index (χ4n) is 3.04. The van der Waals surface area contributed by atoms with Crippen molar-refractivity contribution in [2.24, 2.45) is 5.92 Å². The van der Waals surface area contributed by atoms with Crippen molar-refractivity contribution in [3.63, 3.8) is 0 Å². The lowest BCUT2D eigenvalue weighted by molar-refractivity contribution is -0.147. The van der Waals surface area contributed by atoms with Gasteiger partial charge in [0.1, 0.15) is 6.26 Å². The van der Waals surface area contributed by atoms with E-state index >= 15 is 0 Å². The van der Waals surface area contributed by atoms with Crippen molar-refractivity contribution in [3.8, 4) is 11.5 Å². The Bertz CT molecular complexity index is 748. The van der Waals surface area contributed by atoms with Crippen LogP contribution in [0.5, 0.6) is 0 Å². The molecular weight excluding hydrogens is 349 g/mol. The molecular formula is C18H19F3N2O3. The third-order valence-corrected chi connectivity index (χ3v) is 4.52. The SMILES string of the molecule is COC(=O)C1CCN(Cc2coc(-c3ccc(C(F)(F)F)cc3)n2)CC1. The molecule has 8 heteroatoms. The second kappa shape index (κ2) is 7.49. The maximum absolute atomic E-state index is 12.6. The molecule has 3 rings (SSSR count). The zero-order valence-corrected chi connectivity index (χ0v) is 14.3. The van der Waals surface area contributed by atoms with Crippen molar-refractivity contribution in [2.45, 2.75) is 25.6 Å². The largest absolute Gasteiger partial charge is 0.469 e. The van der Waals surface area contributed by atoms with Crippen molar-refractivity contribution < 1.29 is 27.1 Å². The van der Waals surface area contributed by atoms with E-state index in [4.69, 9.17) is 9.15 Å². The van der Waals surface area contributed by atoms with Gasteiger partial charge in [-0.3, -0.25) is 9.69 Å². The van der Waals surface area contributed by atoms with Gasteiger partial charge in [0.15, 0.2) is 0 Å². The molecule has 0 radical (unpaired) electrons. The highest BCUT2D eigenvalue weighted by Crippen LogP contribution is 2.31. The standard InChI is InChI=1S/C18H19F3N2O3/c1-25-17(24)13-6-8-23(9-7-13)10-15-11-26-16(22-15)12-2-4-14(5-3-12)18(19,20)21/h2-5,11,13H,6-10H2,1H3. The summed E-state index contributed by atoms with van der Waals surface area (Å²) in [6, 6.07) is 4.72. The van der Waals surface area contributed by atoms with Gasteiger partial charge < -0.3 is 9.15 Å². The minimum absolute atomic E-state index is 0.0590. The number of rotatable bonds is 4. The topological polar surface area (TPSA) is 55.6 Å². The van der Waals surface area contributed by atoms with E-state index in [2.05, 4.69) is 9.88 Å². The van der Waals surface area contributed by atoms with E-state index in [-0.39, 0.29) is 17.8 Å². The second-order valence-electron chi connectivity index (χ2n) is 6.29. The van der Waals surface area contributed by atoms with E-state index in [9.17, 15) is 18.0 Å². The lowest BCUT2D eigenvalue weighted by Crippen LogP contribution is -2.36. The molecule has 0 amide bonds. The normalized spacial score (nSPS) is 16.6. The lowest BCUT2D eigenvalue weighted by Gasteiger charge is -2.29. The van der Waals surface area contributed by atoms with E-state index in [1.165, 1.54) is 25.5 Å². The number of esters is 1. The van der Waals surface area contributed by atoms with Gasteiger partial charge in [-0.25, -0.2) is 4.98 Å². The number of hydrogen-bond acceptors (Lipinski definition) is 5. The Balaban J connectivity index is 1.59. The molecule has 0 saturated carbocycles. The number of nitrogens with zero attached hydrogens (tertiary/aromatic N) is 2. The van der Waals surface area contributed by atoms with Gasteiger partial charge in [0.05, 0.1) is 24.3 Å². The van der Waals surface area contributed by atoms with Gasteiger partial charge in [0.25, 0.3) is 0 Å². The first kappa shape index (κ1) is 18.4. The molecule has 0 aliphatic carbocycles. The average Bonchev–Trinajstić information content (AvgIpc) is 3.09. The van der Waals surface area contributed by atoms with Crippen molar-refractivity contribution >= 4 is 5.97 Å². The molecule has 1 aromatic carbocycles. The van der Waals surface area contributed by atoms with Crippen LogP contribution in [0.1, 0.15) is 24.1 Å². The Morgan fingerprint density at radius 1 is 1.27 bits per heavy atom. The molecule has 1 saturated heterocycles. The van der Waals surface area contributed by atoms with Gasteiger partial charge in [-0.1, -0.05) is 0 Å². The summed E-state index contributed by atoms with van der Waals surface area (Å²) >= 11 is 0. The van der Waals surface area contributed by atoms with Crippen LogP contribution < -0.4 is 0 Å². The van der Waals surface area contributed by atoms with Crippen LogP contribution in [0, 0.1) is 5.92 Å². The molecule has 0 bridgehead atoms. The predicted molar refractivity (Wildman–Crippen MR) is 87.0 cm³/mol. The number of aromatic nitrogens is 1. The second-order valence-corrected chi connectivity index (χ2v) is 6.29. The molecule has 1 aliphatic heterocycles. The van der Waals surface area contributed by atoms with Gasteiger partial charge in [-0.2, -0.15) is 13.2 Å². The molecule has 0 atom stereocenters. The summed E-state index contributed by atoms with van der Waals surface area (Å²) in [5, 5.41) is 0. The molecule has 1 aromatic heterocycles. The van der Waals surface area contributed by atoms with Crippen molar-refractivity contribution in [2.75, 3.05) is 20.2 Å². The summed E-state index contributed by atoms with van der Waals surface area (Å²) < 4.78 is 48.0. The Morgan fingerprint density at radius 3 is 2.50 bits per heavy atom. The van der Waals surface area contributed by atoms with Crippen LogP contribution in [-0.4, -0.2) is 36.1 Å². The highest BCUT2D eigenvalue weighted by molar-refractivity contribution is 5.72. The van der Waals surface area contributed by atoms with Crippen LogP contribution in [0.2, 0.25) is 0 Å². The Hall–Kier alpha value is -2.35. The number of methoxy groups -OCH3 is 1. The van der Waals surface area contributed by atoms with Crippen LogP contribution in [0.4, 0.5) is 13.2 Å². The molecule has 1 fully saturated rings. The molecule has 0 N–H and O–H groups in total. The maximum atomic E-state index is 12.6. The first-order chi connectivity index (χ1) is 12.4. The summed E-state index contributed by atoms with van der Waals surface area (Å²) in [6.07, 6.45) is -1.39. The van der Waals surface area contributed by atoms with Gasteiger partial charge in [0.2, 0.25) is 5.89 Å². The predicted octanol–water partition coefficient (Wildman–Crippen LogP) is 3.75. The van der Waals surface area contributed by atoms with E-state index < -0.39 is 11.7 Å². The summed E-state index contributed by atoms with van der Waals surface area (Å²) in [6.45, 7) is 2.07. The molecule has 2 aromatic rings. The molecule has 2 heterocycles. The van der Waals surface area contributed by atoms with E-state index in [1.807, 2.05) is 0 Å². The molecule has 140 valence electrons. The quantitative estimate of drug-likeness (QED) is 0.770. The summed E-state index contributed by atoms with van der Waals surface area (Å²) in [5.41, 5.74) is 0.492. The van der Waals surface area contributed by atoms with Crippen LogP contribution in [0.3, 0.4) is 0 Å². The number of benzene rings is 1. The van der Waals surface area contributed by atoms with Gasteiger partial charge in [0, 0.05) is 12.1 Å². The summed E-state index contributed by atoms with van der Waals surface area (Å²) in [5.74, 6) is 0.0603. The first-order valence-corrected chi connectivity index (χ1v) is 8.29. The number of alkyl halides is 3. The zero-order valence-electron chi connectivity index (χ0n) is 14.3. The number of hydrogen-bond donors (Lipinski definition) is 0. The Morgan fingerprint density at radius 2 is 1.92 bits per heavy atom. The number of carbonyl (C=O) groups excluding carboxylic acids is 1. The molecule has 5 nitrogen and oxygen atoms in total. The number of ether oxygens (including phenoxy) is 1. The molecule has 1 aliphatic rings. The smallest absolute Gasteiger partial charge is 0.416 e.